The highest BCUT2D eigenvalue weighted by molar-refractivity contribution is 6.06. The summed E-state index contributed by atoms with van der Waals surface area (Å²) >= 11 is 0. The van der Waals surface area contributed by atoms with Gasteiger partial charge in [-0.3, -0.25) is 4.79 Å². The molecule has 1 saturated heterocycles. The number of nitrogens with zero attached hydrogens (tertiary/aromatic N) is 1. The summed E-state index contributed by atoms with van der Waals surface area (Å²) in [7, 11) is 0. The van der Waals surface area contributed by atoms with Crippen molar-refractivity contribution in [3.63, 3.8) is 0 Å². The first-order valence-corrected chi connectivity index (χ1v) is 8.66. The number of nitrogens with two attached hydrogens (primary N) is 1. The second kappa shape index (κ2) is 7.68. The summed E-state index contributed by atoms with van der Waals surface area (Å²) in [4.78, 5) is 14.9. The minimum Gasteiger partial charge on any atom is -0.372 e. The van der Waals surface area contributed by atoms with Crippen molar-refractivity contribution in [2.24, 2.45) is 5.73 Å². The molecule has 5 nitrogen and oxygen atoms in total. The summed E-state index contributed by atoms with van der Waals surface area (Å²) < 4.78 is 5.81. The average Bonchev–Trinajstić information content (AvgIpc) is 2.61. The number of hydrogen-bond acceptors (Lipinski definition) is 4. The van der Waals surface area contributed by atoms with Crippen molar-refractivity contribution in [1.29, 1.82) is 0 Å². The summed E-state index contributed by atoms with van der Waals surface area (Å²) in [5.74, 6) is -0.120. The van der Waals surface area contributed by atoms with Gasteiger partial charge in [0.05, 0.1) is 23.6 Å². The van der Waals surface area contributed by atoms with Crippen molar-refractivity contribution in [2.45, 2.75) is 32.6 Å². The molecule has 0 saturated carbocycles. The molecule has 0 spiro atoms. The molecule has 5 heteroatoms. The molecule has 0 aromatic heterocycles. The quantitative estimate of drug-likeness (QED) is 0.898. The maximum Gasteiger partial charge on any atom is 0.255 e. The van der Waals surface area contributed by atoms with E-state index in [2.05, 4.69) is 24.1 Å². The molecule has 0 radical (unpaired) electrons. The third kappa shape index (κ3) is 4.18. The first-order chi connectivity index (χ1) is 12.1. The molecule has 2 atom stereocenters. The molecule has 0 aliphatic carbocycles. The number of rotatable bonds is 4. The molecule has 25 heavy (non-hydrogen) atoms. The van der Waals surface area contributed by atoms with Crippen LogP contribution in [0.25, 0.3) is 0 Å². The Balaban J connectivity index is 1.79. The van der Waals surface area contributed by atoms with Crippen molar-refractivity contribution in [3.8, 4) is 0 Å². The van der Waals surface area contributed by atoms with Crippen molar-refractivity contribution in [3.05, 3.63) is 59.7 Å². The number of ether oxygens (including phenoxy) is 1. The van der Waals surface area contributed by atoms with Gasteiger partial charge in [0.2, 0.25) is 0 Å². The van der Waals surface area contributed by atoms with Crippen molar-refractivity contribution >= 4 is 17.3 Å². The largest absolute Gasteiger partial charge is 0.372 e. The van der Waals surface area contributed by atoms with Crippen molar-refractivity contribution in [2.75, 3.05) is 23.3 Å². The van der Waals surface area contributed by atoms with Crippen molar-refractivity contribution in [1.82, 2.24) is 0 Å². The fraction of sp³-hybridized carbons (Fsp3) is 0.350. The molecule has 3 N–H and O–H groups in total. The number of hydrogen-bond donors (Lipinski definition) is 2. The van der Waals surface area contributed by atoms with Crippen LogP contribution < -0.4 is 16.0 Å². The van der Waals surface area contributed by atoms with Gasteiger partial charge in [-0.05, 0) is 43.7 Å². The molecule has 2 aromatic rings. The van der Waals surface area contributed by atoms with E-state index >= 15 is 0 Å². The van der Waals surface area contributed by atoms with Gasteiger partial charge in [0.25, 0.3) is 5.91 Å². The second-order valence-electron chi connectivity index (χ2n) is 6.53. The van der Waals surface area contributed by atoms with E-state index in [1.165, 1.54) is 0 Å². The summed E-state index contributed by atoms with van der Waals surface area (Å²) in [6.45, 7) is 6.23. The average molecular weight is 339 g/mol. The second-order valence-corrected chi connectivity index (χ2v) is 6.53. The molecule has 1 aliphatic heterocycles. The number of nitrogens with one attached hydrogen (secondary N) is 1. The predicted octanol–water partition coefficient (Wildman–Crippen LogP) is 3.01. The lowest BCUT2D eigenvalue weighted by Crippen LogP contribution is -2.45. The van der Waals surface area contributed by atoms with Crippen LogP contribution in [0.4, 0.5) is 11.4 Å². The maximum absolute atomic E-state index is 12.6. The maximum atomic E-state index is 12.6. The van der Waals surface area contributed by atoms with Crippen LogP contribution in [0, 0.1) is 0 Å². The van der Waals surface area contributed by atoms with Crippen molar-refractivity contribution < 1.29 is 9.53 Å². The van der Waals surface area contributed by atoms with E-state index < -0.39 is 0 Å². The molecule has 0 bridgehead atoms. The highest BCUT2D eigenvalue weighted by Gasteiger charge is 2.24. The molecular formula is C20H25N3O2. The van der Waals surface area contributed by atoms with Gasteiger partial charge >= 0.3 is 0 Å². The van der Waals surface area contributed by atoms with E-state index in [-0.39, 0.29) is 18.1 Å². The molecule has 132 valence electrons. The number of carbonyl (C=O) groups is 1. The third-order valence-electron chi connectivity index (χ3n) is 4.36. The van der Waals surface area contributed by atoms with Gasteiger partial charge in [-0.1, -0.05) is 24.3 Å². The highest BCUT2D eigenvalue weighted by Crippen LogP contribution is 2.28. The Morgan fingerprint density at radius 3 is 2.40 bits per heavy atom. The monoisotopic (exact) mass is 339 g/mol. The highest BCUT2D eigenvalue weighted by atomic mass is 16.5. The lowest BCUT2D eigenvalue weighted by molar-refractivity contribution is -0.00517. The molecule has 2 unspecified atom stereocenters. The van der Waals surface area contributed by atoms with Crippen LogP contribution in [0.1, 0.15) is 29.8 Å². The van der Waals surface area contributed by atoms with Crippen LogP contribution in [0.5, 0.6) is 0 Å². The van der Waals surface area contributed by atoms with Gasteiger partial charge < -0.3 is 20.7 Å². The third-order valence-corrected chi connectivity index (χ3v) is 4.36. The van der Waals surface area contributed by atoms with Gasteiger partial charge in [-0.25, -0.2) is 0 Å². The minimum absolute atomic E-state index is 0.120. The summed E-state index contributed by atoms with van der Waals surface area (Å²) in [6.07, 6.45) is 0.327. The number of anilines is 2. The summed E-state index contributed by atoms with van der Waals surface area (Å²) in [5.41, 5.74) is 9.08. The Morgan fingerprint density at radius 1 is 1.12 bits per heavy atom. The molecule has 3 rings (SSSR count). The molecule has 1 heterocycles. The zero-order valence-corrected chi connectivity index (χ0v) is 14.7. The summed E-state index contributed by atoms with van der Waals surface area (Å²) in [6, 6.07) is 15.3. The van der Waals surface area contributed by atoms with Gasteiger partial charge in [-0.15, -0.1) is 0 Å². The fourth-order valence-corrected chi connectivity index (χ4v) is 3.22. The van der Waals surface area contributed by atoms with Crippen LogP contribution in [-0.2, 0) is 11.3 Å². The zero-order valence-electron chi connectivity index (χ0n) is 14.7. The van der Waals surface area contributed by atoms with Crippen LogP contribution in [0.2, 0.25) is 0 Å². The first kappa shape index (κ1) is 17.5. The van der Waals surface area contributed by atoms with Crippen LogP contribution in [0.3, 0.4) is 0 Å². The Morgan fingerprint density at radius 2 is 1.76 bits per heavy atom. The Bertz CT molecular complexity index is 720. The fourth-order valence-electron chi connectivity index (χ4n) is 3.22. The zero-order chi connectivity index (χ0) is 17.8. The van der Waals surface area contributed by atoms with Gasteiger partial charge in [0.15, 0.2) is 0 Å². The standard InChI is InChI=1S/C20H25N3O2/c1-14-12-23(13-15(2)25-14)19-6-4-3-5-18(19)22-20(24)17-9-7-16(11-21)8-10-17/h3-10,14-15H,11-13,21H2,1-2H3,(H,22,24). The molecular weight excluding hydrogens is 314 g/mol. The lowest BCUT2D eigenvalue weighted by Gasteiger charge is -2.37. The molecule has 2 aromatic carbocycles. The van der Waals surface area contributed by atoms with E-state index in [9.17, 15) is 4.79 Å². The van der Waals surface area contributed by atoms with E-state index in [0.29, 0.717) is 12.1 Å². The van der Waals surface area contributed by atoms with Gasteiger partial charge in [0, 0.05) is 25.2 Å². The van der Waals surface area contributed by atoms with Gasteiger partial charge in [0.1, 0.15) is 0 Å². The number of amides is 1. The van der Waals surface area contributed by atoms with Crippen LogP contribution in [0.15, 0.2) is 48.5 Å². The topological polar surface area (TPSA) is 67.6 Å². The molecule has 1 aliphatic rings. The lowest BCUT2D eigenvalue weighted by atomic mass is 10.1. The SMILES string of the molecule is CC1CN(c2ccccc2NC(=O)c2ccc(CN)cc2)CC(C)O1. The number of para-hydroxylation sites is 2. The molecule has 1 amide bonds. The number of carbonyl (C=O) groups excluding carboxylic acids is 1. The Labute approximate surface area is 148 Å². The van der Waals surface area contributed by atoms with Gasteiger partial charge in [-0.2, -0.15) is 0 Å². The molecule has 1 fully saturated rings. The van der Waals surface area contributed by atoms with Crippen LogP contribution >= 0.6 is 0 Å². The van der Waals surface area contributed by atoms with E-state index in [1.54, 1.807) is 12.1 Å². The Hall–Kier alpha value is -2.37. The van der Waals surface area contributed by atoms with E-state index in [0.717, 1.165) is 30.0 Å². The van der Waals surface area contributed by atoms with E-state index in [4.69, 9.17) is 10.5 Å². The van der Waals surface area contributed by atoms with E-state index in [1.807, 2.05) is 36.4 Å². The van der Waals surface area contributed by atoms with Crippen LogP contribution in [-0.4, -0.2) is 31.2 Å². The predicted molar refractivity (Wildman–Crippen MR) is 101 cm³/mol. The number of morpholine rings is 1. The first-order valence-electron chi connectivity index (χ1n) is 8.66. The smallest absolute Gasteiger partial charge is 0.255 e. The normalized spacial score (nSPS) is 20.4. The minimum atomic E-state index is -0.120. The summed E-state index contributed by atoms with van der Waals surface area (Å²) in [5, 5.41) is 3.04. The number of benzene rings is 2. The Kier molecular flexibility index (Phi) is 5.36.